The quantitative estimate of drug-likeness (QED) is 0.810. The van der Waals surface area contributed by atoms with E-state index in [4.69, 9.17) is 4.74 Å². The highest BCUT2D eigenvalue weighted by Gasteiger charge is 2.22. The first kappa shape index (κ1) is 17.0. The molecule has 1 aromatic carbocycles. The predicted molar refractivity (Wildman–Crippen MR) is 74.6 cm³/mol. The molecule has 0 heterocycles. The van der Waals surface area contributed by atoms with Crippen molar-refractivity contribution in [1.29, 1.82) is 0 Å². The average Bonchev–Trinajstić information content (AvgIpc) is 2.38. The van der Waals surface area contributed by atoms with Gasteiger partial charge in [-0.3, -0.25) is 0 Å². The molecule has 5 heteroatoms. The Morgan fingerprint density at radius 1 is 1.35 bits per heavy atom. The zero-order valence-corrected chi connectivity index (χ0v) is 12.5. The van der Waals surface area contributed by atoms with Crippen molar-refractivity contribution in [2.45, 2.75) is 38.8 Å². The van der Waals surface area contributed by atoms with Gasteiger partial charge in [0.25, 0.3) is 0 Å². The fraction of sp³-hybridized carbons (Fsp3) is 0.600. The summed E-state index contributed by atoms with van der Waals surface area (Å²) in [5.41, 5.74) is -0.412. The Morgan fingerprint density at radius 3 is 2.60 bits per heavy atom. The molecule has 2 atom stereocenters. The molecule has 0 spiro atoms. The van der Waals surface area contributed by atoms with Gasteiger partial charge in [-0.25, -0.2) is 8.78 Å². The van der Waals surface area contributed by atoms with Gasteiger partial charge in [-0.1, -0.05) is 0 Å². The third-order valence-electron chi connectivity index (χ3n) is 3.38. The van der Waals surface area contributed by atoms with Gasteiger partial charge in [-0.2, -0.15) is 0 Å². The van der Waals surface area contributed by atoms with Crippen LogP contribution in [-0.2, 0) is 4.74 Å². The van der Waals surface area contributed by atoms with Crippen molar-refractivity contribution in [3.05, 3.63) is 34.9 Å². The molecule has 0 aliphatic heterocycles. The summed E-state index contributed by atoms with van der Waals surface area (Å²) in [4.78, 5) is 0. The molecule has 0 saturated heterocycles. The Morgan fingerprint density at radius 2 is 2.00 bits per heavy atom. The fourth-order valence-electron chi connectivity index (χ4n) is 1.89. The van der Waals surface area contributed by atoms with E-state index < -0.39 is 17.2 Å². The van der Waals surface area contributed by atoms with Crippen molar-refractivity contribution in [3.8, 4) is 0 Å². The number of hydrogen-bond donors (Lipinski definition) is 2. The minimum atomic E-state index is -0.954. The summed E-state index contributed by atoms with van der Waals surface area (Å²) in [6, 6.07) is 2.00. The number of aliphatic hydroxyl groups is 1. The number of aryl methyl sites for hydroxylation is 1. The monoisotopic (exact) mass is 287 g/mol. The van der Waals surface area contributed by atoms with Crippen molar-refractivity contribution in [1.82, 2.24) is 5.32 Å². The molecule has 2 unspecified atom stereocenters. The number of halogens is 2. The van der Waals surface area contributed by atoms with E-state index in [0.717, 1.165) is 0 Å². The summed E-state index contributed by atoms with van der Waals surface area (Å²) >= 11 is 0. The van der Waals surface area contributed by atoms with E-state index in [1.54, 1.807) is 21.0 Å². The second-order valence-electron chi connectivity index (χ2n) is 5.47. The van der Waals surface area contributed by atoms with Crippen molar-refractivity contribution < 1.29 is 18.6 Å². The van der Waals surface area contributed by atoms with Crippen LogP contribution in [0.25, 0.3) is 0 Å². The molecule has 0 aliphatic carbocycles. The van der Waals surface area contributed by atoms with Gasteiger partial charge >= 0.3 is 0 Å². The minimum absolute atomic E-state index is 0.260. The van der Waals surface area contributed by atoms with Crippen LogP contribution in [0.2, 0.25) is 0 Å². The zero-order chi connectivity index (χ0) is 15.3. The highest BCUT2D eigenvalue weighted by atomic mass is 19.1. The topological polar surface area (TPSA) is 41.5 Å². The largest absolute Gasteiger partial charge is 0.389 e. The van der Waals surface area contributed by atoms with Crippen LogP contribution in [-0.4, -0.2) is 31.0 Å². The van der Waals surface area contributed by atoms with Crippen LogP contribution < -0.4 is 5.32 Å². The summed E-state index contributed by atoms with van der Waals surface area (Å²) in [6.45, 7) is 5.65. The number of nitrogens with one attached hydrogen (secondary N) is 1. The Kier molecular flexibility index (Phi) is 6.05. The van der Waals surface area contributed by atoms with E-state index in [2.05, 4.69) is 5.32 Å². The molecule has 20 heavy (non-hydrogen) atoms. The molecule has 114 valence electrons. The molecular weight excluding hydrogens is 264 g/mol. The molecule has 2 N–H and O–H groups in total. The van der Waals surface area contributed by atoms with Gasteiger partial charge in [0.1, 0.15) is 11.6 Å². The maximum Gasteiger partial charge on any atom is 0.128 e. The molecule has 0 bridgehead atoms. The molecule has 0 aromatic heterocycles. The van der Waals surface area contributed by atoms with Gasteiger partial charge < -0.3 is 15.2 Å². The van der Waals surface area contributed by atoms with Crippen molar-refractivity contribution in [3.63, 3.8) is 0 Å². The van der Waals surface area contributed by atoms with Gasteiger partial charge in [0, 0.05) is 38.3 Å². The Balaban J connectivity index is 2.67. The average molecular weight is 287 g/mol. The number of hydrogen-bond acceptors (Lipinski definition) is 3. The standard InChI is InChI=1S/C15H23F2NO2/c1-10-7-14(17)12(8-13(10)16)11(2)18-9-15(3,19)5-6-20-4/h7-8,11,18-19H,5-6,9H2,1-4H3. The van der Waals surface area contributed by atoms with Crippen LogP contribution in [0.15, 0.2) is 12.1 Å². The Hall–Kier alpha value is -1.04. The zero-order valence-electron chi connectivity index (χ0n) is 12.5. The molecule has 0 aliphatic rings. The maximum atomic E-state index is 13.8. The molecule has 1 aromatic rings. The summed E-state index contributed by atoms with van der Waals surface area (Å²) < 4.78 is 32.2. The number of ether oxygens (including phenoxy) is 1. The van der Waals surface area contributed by atoms with E-state index in [1.165, 1.54) is 19.1 Å². The van der Waals surface area contributed by atoms with Gasteiger partial charge in [0.15, 0.2) is 0 Å². The van der Waals surface area contributed by atoms with Crippen molar-refractivity contribution >= 4 is 0 Å². The van der Waals surface area contributed by atoms with E-state index >= 15 is 0 Å². The van der Waals surface area contributed by atoms with E-state index in [9.17, 15) is 13.9 Å². The van der Waals surface area contributed by atoms with Crippen LogP contribution in [0.4, 0.5) is 8.78 Å². The molecule has 0 amide bonds. The first-order valence-corrected chi connectivity index (χ1v) is 6.67. The van der Waals surface area contributed by atoms with Gasteiger partial charge in [0.05, 0.1) is 5.60 Å². The Bertz CT molecular complexity index is 450. The number of rotatable bonds is 7. The number of benzene rings is 1. The van der Waals surface area contributed by atoms with E-state index in [0.29, 0.717) is 13.0 Å². The van der Waals surface area contributed by atoms with Gasteiger partial charge in [0.2, 0.25) is 0 Å². The molecule has 0 saturated carbocycles. The predicted octanol–water partition coefficient (Wildman–Crippen LogP) is 2.71. The number of methoxy groups -OCH3 is 1. The highest BCUT2D eigenvalue weighted by molar-refractivity contribution is 5.27. The lowest BCUT2D eigenvalue weighted by Gasteiger charge is -2.26. The van der Waals surface area contributed by atoms with Gasteiger partial charge in [-0.15, -0.1) is 0 Å². The van der Waals surface area contributed by atoms with Crippen LogP contribution in [0.5, 0.6) is 0 Å². The summed E-state index contributed by atoms with van der Waals surface area (Å²) in [6.07, 6.45) is 0.466. The molecule has 0 radical (unpaired) electrons. The SMILES string of the molecule is COCCC(C)(O)CNC(C)c1cc(F)c(C)cc1F. The smallest absolute Gasteiger partial charge is 0.128 e. The second kappa shape index (κ2) is 7.11. The minimum Gasteiger partial charge on any atom is -0.389 e. The first-order valence-electron chi connectivity index (χ1n) is 6.67. The maximum absolute atomic E-state index is 13.8. The van der Waals surface area contributed by atoms with Crippen LogP contribution in [0.1, 0.15) is 37.4 Å². The normalized spacial score (nSPS) is 15.9. The van der Waals surface area contributed by atoms with Crippen LogP contribution >= 0.6 is 0 Å². The Labute approximate surface area is 119 Å². The first-order chi connectivity index (χ1) is 9.26. The summed E-state index contributed by atoms with van der Waals surface area (Å²) in [5.74, 6) is -0.873. The molecule has 1 rings (SSSR count). The van der Waals surface area contributed by atoms with Crippen LogP contribution in [0.3, 0.4) is 0 Å². The summed E-state index contributed by atoms with van der Waals surface area (Å²) in [7, 11) is 1.57. The third-order valence-corrected chi connectivity index (χ3v) is 3.38. The molecular formula is C15H23F2NO2. The fourth-order valence-corrected chi connectivity index (χ4v) is 1.89. The molecule has 0 fully saturated rings. The second-order valence-corrected chi connectivity index (χ2v) is 5.47. The van der Waals surface area contributed by atoms with Crippen molar-refractivity contribution in [2.24, 2.45) is 0 Å². The highest BCUT2D eigenvalue weighted by Crippen LogP contribution is 2.21. The van der Waals surface area contributed by atoms with Crippen LogP contribution in [0, 0.1) is 18.6 Å². The lowest BCUT2D eigenvalue weighted by Crippen LogP contribution is -2.39. The van der Waals surface area contributed by atoms with E-state index in [1.807, 2.05) is 0 Å². The molecule has 3 nitrogen and oxygen atoms in total. The lowest BCUT2D eigenvalue weighted by molar-refractivity contribution is 0.0230. The van der Waals surface area contributed by atoms with Crippen molar-refractivity contribution in [2.75, 3.05) is 20.3 Å². The third kappa shape index (κ3) is 4.81. The lowest BCUT2D eigenvalue weighted by atomic mass is 10.0. The summed E-state index contributed by atoms with van der Waals surface area (Å²) in [5, 5.41) is 13.1. The van der Waals surface area contributed by atoms with Gasteiger partial charge in [-0.05, 0) is 38.5 Å². The van der Waals surface area contributed by atoms with E-state index in [-0.39, 0.29) is 23.7 Å².